The van der Waals surface area contributed by atoms with Gasteiger partial charge in [-0.1, -0.05) is 123 Å². The van der Waals surface area contributed by atoms with Gasteiger partial charge in [0.25, 0.3) is 0 Å². The standard InChI is InChI=1S/C33H54O6.H2O/c1-4-7-10-13-16-19-25-37-31(34)28-23-22-24-29(32(35)38-26-20-17-14-11-8-5-2)30(28)33(36)39-27-21-18-15-12-9-6-3;/h22-24H,4-21,25-27H2,1-3H3;1H2. The fourth-order valence-corrected chi connectivity index (χ4v) is 4.48. The molecule has 0 aromatic heterocycles. The molecule has 2 N–H and O–H groups in total. The van der Waals surface area contributed by atoms with Crippen molar-refractivity contribution in [3.8, 4) is 0 Å². The molecule has 7 heteroatoms. The van der Waals surface area contributed by atoms with Crippen LogP contribution in [0.25, 0.3) is 0 Å². The van der Waals surface area contributed by atoms with Crippen molar-refractivity contribution in [1.82, 2.24) is 0 Å². The van der Waals surface area contributed by atoms with Crippen LogP contribution in [0.15, 0.2) is 18.2 Å². The van der Waals surface area contributed by atoms with E-state index in [-0.39, 0.29) is 42.0 Å². The average Bonchev–Trinajstić information content (AvgIpc) is 2.95. The van der Waals surface area contributed by atoms with E-state index in [1.165, 1.54) is 69.9 Å². The van der Waals surface area contributed by atoms with E-state index < -0.39 is 17.9 Å². The summed E-state index contributed by atoms with van der Waals surface area (Å²) in [6.07, 6.45) is 19.3. The van der Waals surface area contributed by atoms with E-state index in [0.717, 1.165) is 57.8 Å². The van der Waals surface area contributed by atoms with Crippen LogP contribution in [0.5, 0.6) is 0 Å². The maximum Gasteiger partial charge on any atom is 0.339 e. The van der Waals surface area contributed by atoms with Crippen molar-refractivity contribution in [2.75, 3.05) is 19.8 Å². The van der Waals surface area contributed by atoms with Crippen LogP contribution in [0.4, 0.5) is 0 Å². The Kier molecular flexibility index (Phi) is 24.0. The third-order valence-corrected chi connectivity index (χ3v) is 6.90. The second kappa shape index (κ2) is 25.6. The molecule has 0 heterocycles. The van der Waals surface area contributed by atoms with Gasteiger partial charge in [0.2, 0.25) is 0 Å². The Morgan fingerprint density at radius 1 is 0.475 bits per heavy atom. The van der Waals surface area contributed by atoms with Crippen LogP contribution >= 0.6 is 0 Å². The Morgan fingerprint density at radius 3 is 1.12 bits per heavy atom. The molecule has 0 aliphatic carbocycles. The zero-order valence-corrected chi connectivity index (χ0v) is 25.5. The van der Waals surface area contributed by atoms with Gasteiger partial charge in [-0.15, -0.1) is 0 Å². The smallest absolute Gasteiger partial charge is 0.339 e. The quantitative estimate of drug-likeness (QED) is 0.0708. The summed E-state index contributed by atoms with van der Waals surface area (Å²) in [6, 6.07) is 4.64. The third-order valence-electron chi connectivity index (χ3n) is 6.90. The lowest BCUT2D eigenvalue weighted by atomic mass is 10.0. The largest absolute Gasteiger partial charge is 0.462 e. The van der Waals surface area contributed by atoms with Crippen molar-refractivity contribution in [3.05, 3.63) is 34.9 Å². The molecule has 1 aromatic rings. The second-order valence-electron chi connectivity index (χ2n) is 10.4. The van der Waals surface area contributed by atoms with Crippen LogP contribution in [0.2, 0.25) is 0 Å². The molecule has 7 nitrogen and oxygen atoms in total. The molecule has 0 radical (unpaired) electrons. The summed E-state index contributed by atoms with van der Waals surface area (Å²) in [5.74, 6) is -1.90. The number of unbranched alkanes of at least 4 members (excludes halogenated alkanes) is 15. The van der Waals surface area contributed by atoms with E-state index in [1.807, 2.05) is 0 Å². The lowest BCUT2D eigenvalue weighted by Gasteiger charge is -2.14. The summed E-state index contributed by atoms with van der Waals surface area (Å²) in [5.41, 5.74) is 0.0651. The van der Waals surface area contributed by atoms with Gasteiger partial charge in [0.1, 0.15) is 0 Å². The molecule has 40 heavy (non-hydrogen) atoms. The van der Waals surface area contributed by atoms with E-state index in [9.17, 15) is 14.4 Å². The molecule has 0 saturated carbocycles. The third kappa shape index (κ3) is 16.6. The first-order valence-corrected chi connectivity index (χ1v) is 15.7. The van der Waals surface area contributed by atoms with Gasteiger partial charge in [-0.25, -0.2) is 14.4 Å². The number of hydrogen-bond acceptors (Lipinski definition) is 6. The first kappa shape index (κ1) is 37.6. The van der Waals surface area contributed by atoms with Crippen molar-refractivity contribution in [3.63, 3.8) is 0 Å². The van der Waals surface area contributed by atoms with Crippen LogP contribution in [0.1, 0.15) is 167 Å². The van der Waals surface area contributed by atoms with Gasteiger partial charge in [0.05, 0.1) is 36.5 Å². The molecular formula is C33H56O7. The molecule has 1 aromatic carbocycles. The van der Waals surface area contributed by atoms with Gasteiger partial charge in [-0.3, -0.25) is 0 Å². The number of hydrogen-bond donors (Lipinski definition) is 0. The number of ether oxygens (including phenoxy) is 3. The van der Waals surface area contributed by atoms with Gasteiger partial charge in [-0.05, 0) is 31.4 Å². The van der Waals surface area contributed by atoms with Crippen LogP contribution in [-0.4, -0.2) is 43.2 Å². The number of rotatable bonds is 24. The van der Waals surface area contributed by atoms with Crippen LogP contribution in [0.3, 0.4) is 0 Å². The molecular weight excluding hydrogens is 508 g/mol. The highest BCUT2D eigenvalue weighted by Crippen LogP contribution is 2.20. The molecule has 0 saturated heterocycles. The minimum Gasteiger partial charge on any atom is -0.462 e. The maximum absolute atomic E-state index is 13.1. The number of carbonyl (C=O) groups is 3. The SMILES string of the molecule is CCCCCCCCOC(=O)c1cccc(C(=O)OCCCCCCCC)c1C(=O)OCCCCCCCC.O. The van der Waals surface area contributed by atoms with Crippen molar-refractivity contribution in [2.24, 2.45) is 0 Å². The fraction of sp³-hybridized carbons (Fsp3) is 0.727. The monoisotopic (exact) mass is 564 g/mol. The normalized spacial score (nSPS) is 10.6. The van der Waals surface area contributed by atoms with Crippen molar-refractivity contribution < 1.29 is 34.1 Å². The highest BCUT2D eigenvalue weighted by atomic mass is 16.5. The van der Waals surface area contributed by atoms with Crippen molar-refractivity contribution in [2.45, 2.75) is 136 Å². The number of esters is 3. The molecule has 0 unspecified atom stereocenters. The van der Waals surface area contributed by atoms with Gasteiger partial charge in [0, 0.05) is 0 Å². The molecule has 1 rings (SSSR count). The first-order chi connectivity index (χ1) is 19.1. The number of carbonyl (C=O) groups excluding carboxylic acids is 3. The Balaban J connectivity index is 0.0000152. The average molecular weight is 565 g/mol. The predicted octanol–water partition coefficient (Wildman–Crippen LogP) is 8.41. The minimum absolute atomic E-state index is 0. The predicted molar refractivity (Wildman–Crippen MR) is 161 cm³/mol. The molecule has 0 aliphatic rings. The second-order valence-corrected chi connectivity index (χ2v) is 10.4. The molecule has 0 fully saturated rings. The lowest BCUT2D eigenvalue weighted by molar-refractivity contribution is 0.0430. The van der Waals surface area contributed by atoms with Crippen LogP contribution < -0.4 is 0 Å². The summed E-state index contributed by atoms with van der Waals surface area (Å²) in [7, 11) is 0. The molecule has 230 valence electrons. The van der Waals surface area contributed by atoms with Gasteiger partial charge in [-0.2, -0.15) is 0 Å². The molecule has 0 spiro atoms. The Labute approximate surface area is 243 Å². The zero-order chi connectivity index (χ0) is 28.6. The highest BCUT2D eigenvalue weighted by Gasteiger charge is 2.27. The van der Waals surface area contributed by atoms with Crippen molar-refractivity contribution in [1.29, 1.82) is 0 Å². The Bertz CT molecular complexity index is 758. The Hall–Kier alpha value is -2.41. The minimum atomic E-state index is -0.679. The number of benzene rings is 1. The van der Waals surface area contributed by atoms with E-state index >= 15 is 0 Å². The summed E-state index contributed by atoms with van der Waals surface area (Å²) < 4.78 is 16.5. The molecule has 0 bridgehead atoms. The van der Waals surface area contributed by atoms with E-state index in [0.29, 0.717) is 0 Å². The van der Waals surface area contributed by atoms with E-state index in [1.54, 1.807) is 6.07 Å². The molecule has 0 atom stereocenters. The van der Waals surface area contributed by atoms with Crippen LogP contribution in [0, 0.1) is 0 Å². The first-order valence-electron chi connectivity index (χ1n) is 15.7. The molecule has 0 amide bonds. The van der Waals surface area contributed by atoms with E-state index in [2.05, 4.69) is 20.8 Å². The van der Waals surface area contributed by atoms with E-state index in [4.69, 9.17) is 14.2 Å². The van der Waals surface area contributed by atoms with Gasteiger partial charge >= 0.3 is 17.9 Å². The maximum atomic E-state index is 13.1. The summed E-state index contributed by atoms with van der Waals surface area (Å²) >= 11 is 0. The summed E-state index contributed by atoms with van der Waals surface area (Å²) in [6.45, 7) is 7.34. The topological polar surface area (TPSA) is 110 Å². The van der Waals surface area contributed by atoms with Gasteiger partial charge < -0.3 is 19.7 Å². The zero-order valence-electron chi connectivity index (χ0n) is 25.5. The summed E-state index contributed by atoms with van der Waals surface area (Å²) in [4.78, 5) is 39.1. The van der Waals surface area contributed by atoms with Crippen LogP contribution in [-0.2, 0) is 14.2 Å². The highest BCUT2D eigenvalue weighted by molar-refractivity contribution is 6.10. The Morgan fingerprint density at radius 2 is 0.775 bits per heavy atom. The molecule has 0 aliphatic heterocycles. The fourth-order valence-electron chi connectivity index (χ4n) is 4.48. The summed E-state index contributed by atoms with van der Waals surface area (Å²) in [5, 5.41) is 0. The lowest BCUT2D eigenvalue weighted by Crippen LogP contribution is -2.20. The van der Waals surface area contributed by atoms with Crippen molar-refractivity contribution >= 4 is 17.9 Å². The van der Waals surface area contributed by atoms with Gasteiger partial charge in [0.15, 0.2) is 0 Å².